The first-order valence-corrected chi connectivity index (χ1v) is 11.5. The van der Waals surface area contributed by atoms with E-state index < -0.39 is 10.0 Å². The van der Waals surface area contributed by atoms with E-state index in [1.807, 2.05) is 45.0 Å². The number of sulfonamides is 1. The Bertz CT molecular complexity index is 646. The molecule has 0 aliphatic heterocycles. The van der Waals surface area contributed by atoms with Crippen molar-refractivity contribution in [1.29, 1.82) is 0 Å². The largest absolute Gasteiger partial charge is 0.357 e. The third-order valence-electron chi connectivity index (χ3n) is 3.23. The predicted molar refractivity (Wildman–Crippen MR) is 109 cm³/mol. The first-order chi connectivity index (χ1) is 11.9. The fraction of sp³-hybridized carbons (Fsp3) is 0.588. The molecule has 0 spiro atoms. The van der Waals surface area contributed by atoms with Crippen molar-refractivity contribution in [1.82, 2.24) is 15.4 Å². The highest BCUT2D eigenvalue weighted by Gasteiger charge is 2.15. The monoisotopic (exact) mass is 386 g/mol. The molecular formula is C17H30N4O2S2. The summed E-state index contributed by atoms with van der Waals surface area (Å²) in [6.45, 7) is 7.69. The maximum absolute atomic E-state index is 12.2. The van der Waals surface area contributed by atoms with Crippen LogP contribution in [0, 0.1) is 0 Å². The zero-order valence-electron chi connectivity index (χ0n) is 15.5. The molecule has 0 aromatic heterocycles. The summed E-state index contributed by atoms with van der Waals surface area (Å²) in [5, 5.41) is 6.48. The van der Waals surface area contributed by atoms with Gasteiger partial charge in [-0.2, -0.15) is 11.8 Å². The van der Waals surface area contributed by atoms with Gasteiger partial charge in [-0.05, 0) is 38.2 Å². The molecule has 0 bridgehead atoms. The third-order valence-corrected chi connectivity index (χ3v) is 5.36. The van der Waals surface area contributed by atoms with Crippen LogP contribution in [0.4, 0.5) is 0 Å². The number of aliphatic imine (C=N–C) groups is 1. The minimum Gasteiger partial charge on any atom is -0.357 e. The van der Waals surface area contributed by atoms with E-state index in [2.05, 4.69) is 26.6 Å². The van der Waals surface area contributed by atoms with Crippen molar-refractivity contribution in [2.24, 2.45) is 4.99 Å². The molecule has 0 aliphatic rings. The maximum atomic E-state index is 12.2. The van der Waals surface area contributed by atoms with Crippen LogP contribution in [0.3, 0.4) is 0 Å². The van der Waals surface area contributed by atoms with E-state index in [4.69, 9.17) is 0 Å². The Kier molecular flexibility index (Phi) is 9.92. The molecule has 1 aromatic rings. The molecule has 8 heteroatoms. The van der Waals surface area contributed by atoms with Crippen molar-refractivity contribution in [2.75, 3.05) is 25.1 Å². The van der Waals surface area contributed by atoms with E-state index in [-0.39, 0.29) is 11.8 Å². The number of rotatable bonds is 10. The SMILES string of the molecule is CCNC(=NCc1ccccc1CS(=O)(=O)NC(C)C)NCCSC. The van der Waals surface area contributed by atoms with Gasteiger partial charge in [0.15, 0.2) is 5.96 Å². The normalized spacial score (nSPS) is 12.4. The van der Waals surface area contributed by atoms with Gasteiger partial charge in [0.2, 0.25) is 10.0 Å². The minimum absolute atomic E-state index is 0.0344. The molecule has 142 valence electrons. The Morgan fingerprint density at radius 1 is 1.20 bits per heavy atom. The van der Waals surface area contributed by atoms with Gasteiger partial charge in [-0.15, -0.1) is 0 Å². The molecular weight excluding hydrogens is 356 g/mol. The first kappa shape index (κ1) is 21.8. The van der Waals surface area contributed by atoms with Crippen LogP contribution in [0.2, 0.25) is 0 Å². The van der Waals surface area contributed by atoms with E-state index in [1.54, 1.807) is 11.8 Å². The lowest BCUT2D eigenvalue weighted by atomic mass is 10.1. The molecule has 0 aliphatic carbocycles. The molecule has 0 heterocycles. The molecule has 25 heavy (non-hydrogen) atoms. The van der Waals surface area contributed by atoms with E-state index in [9.17, 15) is 8.42 Å². The molecule has 0 atom stereocenters. The highest BCUT2D eigenvalue weighted by molar-refractivity contribution is 7.98. The van der Waals surface area contributed by atoms with Gasteiger partial charge in [-0.1, -0.05) is 24.3 Å². The smallest absolute Gasteiger partial charge is 0.216 e. The summed E-state index contributed by atoms with van der Waals surface area (Å²) in [7, 11) is -3.36. The molecule has 1 aromatic carbocycles. The van der Waals surface area contributed by atoms with Crippen molar-refractivity contribution in [3.63, 3.8) is 0 Å². The molecule has 0 saturated carbocycles. The van der Waals surface area contributed by atoms with Gasteiger partial charge in [0.1, 0.15) is 0 Å². The van der Waals surface area contributed by atoms with Crippen LogP contribution in [0.1, 0.15) is 31.9 Å². The summed E-state index contributed by atoms with van der Waals surface area (Å²) in [5.74, 6) is 1.71. The lowest BCUT2D eigenvalue weighted by Gasteiger charge is -2.13. The van der Waals surface area contributed by atoms with Crippen molar-refractivity contribution in [3.05, 3.63) is 35.4 Å². The van der Waals surface area contributed by atoms with Crippen molar-refractivity contribution < 1.29 is 8.42 Å². The number of benzene rings is 1. The van der Waals surface area contributed by atoms with Gasteiger partial charge in [-0.25, -0.2) is 18.1 Å². The fourth-order valence-electron chi connectivity index (χ4n) is 2.24. The average molecular weight is 387 g/mol. The summed E-state index contributed by atoms with van der Waals surface area (Å²) in [6, 6.07) is 7.42. The van der Waals surface area contributed by atoms with Crippen LogP contribution in [-0.4, -0.2) is 45.5 Å². The number of hydrogen-bond donors (Lipinski definition) is 3. The van der Waals surface area contributed by atoms with E-state index in [0.717, 1.165) is 35.9 Å². The summed E-state index contributed by atoms with van der Waals surface area (Å²) >= 11 is 1.77. The highest BCUT2D eigenvalue weighted by Crippen LogP contribution is 2.13. The maximum Gasteiger partial charge on any atom is 0.216 e. The van der Waals surface area contributed by atoms with Gasteiger partial charge >= 0.3 is 0 Å². The van der Waals surface area contributed by atoms with Gasteiger partial charge in [0.05, 0.1) is 12.3 Å². The zero-order chi connectivity index (χ0) is 18.7. The molecule has 0 amide bonds. The van der Waals surface area contributed by atoms with E-state index in [1.165, 1.54) is 0 Å². The molecule has 1 rings (SSSR count). The standard InChI is InChI=1S/C17H30N4O2S2/c1-5-18-17(19-10-11-24-4)20-12-15-8-6-7-9-16(15)13-25(22,23)21-14(2)3/h6-9,14,21H,5,10-13H2,1-4H3,(H2,18,19,20). The number of hydrogen-bond acceptors (Lipinski definition) is 4. The zero-order valence-corrected chi connectivity index (χ0v) is 17.1. The van der Waals surface area contributed by atoms with Crippen molar-refractivity contribution in [2.45, 2.75) is 39.1 Å². The number of nitrogens with one attached hydrogen (secondary N) is 3. The molecule has 0 saturated heterocycles. The molecule has 6 nitrogen and oxygen atoms in total. The fourth-order valence-corrected chi connectivity index (χ4v) is 4.03. The second kappa shape index (κ2) is 11.4. The summed E-state index contributed by atoms with van der Waals surface area (Å²) < 4.78 is 27.0. The number of thioether (sulfide) groups is 1. The first-order valence-electron chi connectivity index (χ1n) is 8.45. The molecule has 0 fully saturated rings. The van der Waals surface area contributed by atoms with Crippen LogP contribution in [0.15, 0.2) is 29.3 Å². The topological polar surface area (TPSA) is 82.6 Å². The second-order valence-corrected chi connectivity index (χ2v) is 8.65. The van der Waals surface area contributed by atoms with Gasteiger partial charge in [-0.3, -0.25) is 0 Å². The van der Waals surface area contributed by atoms with Crippen molar-refractivity contribution in [3.8, 4) is 0 Å². The van der Waals surface area contributed by atoms with Crippen LogP contribution in [-0.2, 0) is 22.3 Å². The predicted octanol–water partition coefficient (Wildman–Crippen LogP) is 1.93. The van der Waals surface area contributed by atoms with Crippen molar-refractivity contribution >= 4 is 27.7 Å². The number of nitrogens with zero attached hydrogens (tertiary/aromatic N) is 1. The Morgan fingerprint density at radius 2 is 1.88 bits per heavy atom. The Balaban J connectivity index is 2.85. The van der Waals surface area contributed by atoms with Gasteiger partial charge in [0, 0.05) is 24.9 Å². The van der Waals surface area contributed by atoms with Gasteiger partial charge < -0.3 is 10.6 Å². The molecule has 0 radical (unpaired) electrons. The number of guanidine groups is 1. The van der Waals surface area contributed by atoms with Crippen LogP contribution in [0.25, 0.3) is 0 Å². The second-order valence-electron chi connectivity index (χ2n) is 5.92. The van der Waals surface area contributed by atoms with E-state index in [0.29, 0.717) is 6.54 Å². The van der Waals surface area contributed by atoms with Crippen LogP contribution >= 0.6 is 11.8 Å². The summed E-state index contributed by atoms with van der Waals surface area (Å²) in [4.78, 5) is 4.58. The Hall–Kier alpha value is -1.25. The highest BCUT2D eigenvalue weighted by atomic mass is 32.2. The van der Waals surface area contributed by atoms with Crippen LogP contribution in [0.5, 0.6) is 0 Å². The van der Waals surface area contributed by atoms with E-state index >= 15 is 0 Å². The average Bonchev–Trinajstić information content (AvgIpc) is 2.52. The van der Waals surface area contributed by atoms with Crippen LogP contribution < -0.4 is 15.4 Å². The Labute approximate surface area is 156 Å². The third kappa shape index (κ3) is 9.13. The molecule has 3 N–H and O–H groups in total. The minimum atomic E-state index is -3.36. The lowest BCUT2D eigenvalue weighted by Crippen LogP contribution is -2.38. The lowest BCUT2D eigenvalue weighted by molar-refractivity contribution is 0.569. The molecule has 0 unspecified atom stereocenters. The van der Waals surface area contributed by atoms with Gasteiger partial charge in [0.25, 0.3) is 0 Å². The summed E-state index contributed by atoms with van der Waals surface area (Å²) in [5.41, 5.74) is 1.69. The summed E-state index contributed by atoms with van der Waals surface area (Å²) in [6.07, 6.45) is 2.06. The quantitative estimate of drug-likeness (QED) is 0.325. The Morgan fingerprint density at radius 3 is 2.48 bits per heavy atom.